The third-order valence-corrected chi connectivity index (χ3v) is 3.10. The Morgan fingerprint density at radius 1 is 1.21 bits per heavy atom. The van der Waals surface area contributed by atoms with E-state index in [1.54, 1.807) is 0 Å². The zero-order valence-electron chi connectivity index (χ0n) is 9.22. The molecule has 0 heterocycles. The zero-order valence-corrected chi connectivity index (χ0v) is 10.8. The summed E-state index contributed by atoms with van der Waals surface area (Å²) in [5.74, 6) is -0.154. The van der Waals surface area contributed by atoms with Crippen molar-refractivity contribution in [2.24, 2.45) is 0 Å². The Labute approximate surface area is 95.5 Å². The average Bonchev–Trinajstić information content (AvgIpc) is 2.21. The quantitative estimate of drug-likeness (QED) is 0.380. The lowest BCUT2D eigenvalue weighted by Crippen LogP contribution is -2.15. The molecular formula is C11H21BrO2. The molecule has 3 heteroatoms. The number of carbonyl (C=O) groups is 1. The van der Waals surface area contributed by atoms with E-state index in [0.29, 0.717) is 0 Å². The van der Waals surface area contributed by atoms with Crippen molar-refractivity contribution in [3.8, 4) is 0 Å². The molecule has 0 aromatic heterocycles. The molecule has 0 aliphatic carbocycles. The first-order chi connectivity index (χ1) is 6.72. The minimum absolute atomic E-state index is 0.112. The van der Waals surface area contributed by atoms with Crippen LogP contribution in [-0.2, 0) is 9.53 Å². The first-order valence-corrected chi connectivity index (χ1v) is 6.35. The lowest BCUT2D eigenvalue weighted by molar-refractivity contribution is -0.139. The van der Waals surface area contributed by atoms with E-state index in [0.717, 1.165) is 12.8 Å². The topological polar surface area (TPSA) is 26.3 Å². The van der Waals surface area contributed by atoms with Crippen molar-refractivity contribution in [1.29, 1.82) is 0 Å². The summed E-state index contributed by atoms with van der Waals surface area (Å²) in [6.07, 6.45) is 8.43. The number of unbranched alkanes of at least 4 members (excludes halogenated alkanes) is 5. The van der Waals surface area contributed by atoms with Crippen LogP contribution in [0.25, 0.3) is 0 Å². The molecule has 0 aliphatic rings. The van der Waals surface area contributed by atoms with E-state index in [-0.39, 0.29) is 10.8 Å². The number of ether oxygens (including phenoxy) is 1. The fourth-order valence-electron chi connectivity index (χ4n) is 1.35. The zero-order chi connectivity index (χ0) is 10.8. The molecule has 2 nitrogen and oxygen atoms in total. The summed E-state index contributed by atoms with van der Waals surface area (Å²) in [5, 5.41) is 0. The third kappa shape index (κ3) is 7.36. The lowest BCUT2D eigenvalue weighted by atomic mass is 10.1. The summed E-state index contributed by atoms with van der Waals surface area (Å²) in [5.41, 5.74) is 0. The fourth-order valence-corrected chi connectivity index (χ4v) is 1.86. The predicted octanol–water partition coefficient (Wildman–Crippen LogP) is 3.67. The van der Waals surface area contributed by atoms with Crippen molar-refractivity contribution in [3.63, 3.8) is 0 Å². The molecular weight excluding hydrogens is 244 g/mol. The van der Waals surface area contributed by atoms with Gasteiger partial charge in [-0.25, -0.2) is 0 Å². The van der Waals surface area contributed by atoms with E-state index in [1.807, 2.05) is 0 Å². The number of methoxy groups -OCH3 is 1. The van der Waals surface area contributed by atoms with Gasteiger partial charge in [0.05, 0.1) is 7.11 Å². The first-order valence-electron chi connectivity index (χ1n) is 5.44. The molecule has 0 rings (SSSR count). The van der Waals surface area contributed by atoms with E-state index in [4.69, 9.17) is 0 Å². The lowest BCUT2D eigenvalue weighted by Gasteiger charge is -2.06. The van der Waals surface area contributed by atoms with Gasteiger partial charge in [0, 0.05) is 0 Å². The van der Waals surface area contributed by atoms with Crippen LogP contribution in [0.4, 0.5) is 0 Å². The molecule has 0 fully saturated rings. The maximum absolute atomic E-state index is 11.0. The highest BCUT2D eigenvalue weighted by Crippen LogP contribution is 2.14. The molecule has 0 saturated carbocycles. The molecule has 0 radical (unpaired) electrons. The van der Waals surface area contributed by atoms with Crippen molar-refractivity contribution in [2.75, 3.05) is 7.11 Å². The number of rotatable bonds is 8. The Balaban J connectivity index is 3.23. The SMILES string of the molecule is CCCCCCCC[C@H](Br)C(=O)OC. The van der Waals surface area contributed by atoms with Crippen LogP contribution in [0.1, 0.15) is 51.9 Å². The van der Waals surface area contributed by atoms with Crippen LogP contribution in [0.3, 0.4) is 0 Å². The van der Waals surface area contributed by atoms with Gasteiger partial charge in [-0.2, -0.15) is 0 Å². The second kappa shape index (κ2) is 9.50. The largest absolute Gasteiger partial charge is 0.468 e. The molecule has 1 atom stereocenters. The van der Waals surface area contributed by atoms with Gasteiger partial charge in [-0.15, -0.1) is 0 Å². The maximum atomic E-state index is 11.0. The van der Waals surface area contributed by atoms with E-state index in [9.17, 15) is 4.79 Å². The van der Waals surface area contributed by atoms with Gasteiger partial charge in [0.2, 0.25) is 0 Å². The standard InChI is InChI=1S/C11H21BrO2/c1-3-4-5-6-7-8-9-10(12)11(13)14-2/h10H,3-9H2,1-2H3/t10-/m0/s1. The number of alkyl halides is 1. The van der Waals surface area contributed by atoms with E-state index >= 15 is 0 Å². The maximum Gasteiger partial charge on any atom is 0.319 e. The van der Waals surface area contributed by atoms with Gasteiger partial charge in [-0.05, 0) is 6.42 Å². The molecule has 0 amide bonds. The molecule has 0 spiro atoms. The number of hydrogen-bond acceptors (Lipinski definition) is 2. The van der Waals surface area contributed by atoms with Crippen LogP contribution < -0.4 is 0 Å². The van der Waals surface area contributed by atoms with Gasteiger partial charge < -0.3 is 4.74 Å². The van der Waals surface area contributed by atoms with E-state index in [2.05, 4.69) is 27.6 Å². The minimum Gasteiger partial charge on any atom is -0.468 e. The van der Waals surface area contributed by atoms with Gasteiger partial charge in [0.15, 0.2) is 0 Å². The Bertz CT molecular complexity index is 148. The van der Waals surface area contributed by atoms with E-state index in [1.165, 1.54) is 39.2 Å². The molecule has 0 unspecified atom stereocenters. The van der Waals surface area contributed by atoms with Gasteiger partial charge in [-0.1, -0.05) is 61.4 Å². The van der Waals surface area contributed by atoms with Gasteiger partial charge in [0.25, 0.3) is 0 Å². The van der Waals surface area contributed by atoms with Crippen LogP contribution in [0.5, 0.6) is 0 Å². The van der Waals surface area contributed by atoms with Crippen molar-refractivity contribution >= 4 is 21.9 Å². The monoisotopic (exact) mass is 264 g/mol. The van der Waals surface area contributed by atoms with Crippen molar-refractivity contribution in [1.82, 2.24) is 0 Å². The molecule has 0 aromatic carbocycles. The highest BCUT2D eigenvalue weighted by Gasteiger charge is 2.13. The molecule has 14 heavy (non-hydrogen) atoms. The van der Waals surface area contributed by atoms with Gasteiger partial charge in [-0.3, -0.25) is 4.79 Å². The summed E-state index contributed by atoms with van der Waals surface area (Å²) < 4.78 is 4.62. The molecule has 0 N–H and O–H groups in total. The highest BCUT2D eigenvalue weighted by molar-refractivity contribution is 9.10. The number of carbonyl (C=O) groups excluding carboxylic acids is 1. The van der Waals surface area contributed by atoms with Crippen molar-refractivity contribution in [3.05, 3.63) is 0 Å². The molecule has 0 aliphatic heterocycles. The van der Waals surface area contributed by atoms with Crippen LogP contribution in [0.15, 0.2) is 0 Å². The first kappa shape index (κ1) is 13.9. The average molecular weight is 265 g/mol. The Morgan fingerprint density at radius 2 is 1.79 bits per heavy atom. The normalized spacial score (nSPS) is 12.5. The Hall–Kier alpha value is -0.0500. The molecule has 0 saturated heterocycles. The summed E-state index contributed by atoms with van der Waals surface area (Å²) in [7, 11) is 1.43. The summed E-state index contributed by atoms with van der Waals surface area (Å²) in [6, 6.07) is 0. The smallest absolute Gasteiger partial charge is 0.319 e. The van der Waals surface area contributed by atoms with Crippen LogP contribution in [0.2, 0.25) is 0 Å². The summed E-state index contributed by atoms with van der Waals surface area (Å²) in [4.78, 5) is 10.9. The molecule has 84 valence electrons. The van der Waals surface area contributed by atoms with Crippen molar-refractivity contribution < 1.29 is 9.53 Å². The number of halogens is 1. The number of hydrogen-bond donors (Lipinski definition) is 0. The van der Waals surface area contributed by atoms with Gasteiger partial charge in [0.1, 0.15) is 4.83 Å². The minimum atomic E-state index is -0.154. The van der Waals surface area contributed by atoms with Crippen LogP contribution >= 0.6 is 15.9 Å². The van der Waals surface area contributed by atoms with Crippen molar-refractivity contribution in [2.45, 2.75) is 56.7 Å². The van der Waals surface area contributed by atoms with Crippen LogP contribution in [0, 0.1) is 0 Å². The van der Waals surface area contributed by atoms with E-state index < -0.39 is 0 Å². The second-order valence-corrected chi connectivity index (χ2v) is 4.65. The highest BCUT2D eigenvalue weighted by atomic mass is 79.9. The number of esters is 1. The summed E-state index contributed by atoms with van der Waals surface area (Å²) >= 11 is 3.31. The molecule has 0 aromatic rings. The van der Waals surface area contributed by atoms with Crippen LogP contribution in [-0.4, -0.2) is 17.9 Å². The van der Waals surface area contributed by atoms with Gasteiger partial charge >= 0.3 is 5.97 Å². The fraction of sp³-hybridized carbons (Fsp3) is 0.909. The summed E-state index contributed by atoms with van der Waals surface area (Å²) in [6.45, 7) is 2.21. The third-order valence-electron chi connectivity index (χ3n) is 2.27. The Kier molecular flexibility index (Phi) is 9.47. The molecule has 0 bridgehead atoms. The predicted molar refractivity (Wildman–Crippen MR) is 62.7 cm³/mol. The Morgan fingerprint density at radius 3 is 2.36 bits per heavy atom. The second-order valence-electron chi connectivity index (χ2n) is 3.55.